The minimum absolute atomic E-state index is 0.0842. The average Bonchev–Trinajstić information content (AvgIpc) is 3.17. The molecule has 0 aliphatic carbocycles. The third-order valence-corrected chi connectivity index (χ3v) is 7.06. The number of aromatic nitrogens is 2. The van der Waals surface area contributed by atoms with Crippen LogP contribution in [0.5, 0.6) is 0 Å². The fourth-order valence-corrected chi connectivity index (χ4v) is 4.60. The Balaban J connectivity index is 1.86. The molecule has 0 unspecified atom stereocenters. The molecule has 1 N–H and O–H groups in total. The van der Waals surface area contributed by atoms with Gasteiger partial charge in [0.25, 0.3) is 0 Å². The van der Waals surface area contributed by atoms with Crippen molar-refractivity contribution in [2.24, 2.45) is 0 Å². The van der Waals surface area contributed by atoms with Crippen LogP contribution in [-0.2, 0) is 20.2 Å². The summed E-state index contributed by atoms with van der Waals surface area (Å²) in [7, 11) is -3.84. The molecule has 3 aromatic rings. The number of nitrogens with one attached hydrogen (secondary N) is 1. The fraction of sp³-hybridized carbons (Fsp3) is 0.304. The van der Waals surface area contributed by atoms with Crippen LogP contribution in [0.25, 0.3) is 5.69 Å². The SMILES string of the molecule is CCN(CC(=O)Nc1cc(C(C)(C)C)nn1-c1ccccc1)S(=O)(=O)c1ccc(Cl)cc1. The van der Waals surface area contributed by atoms with Gasteiger partial charge in [0.1, 0.15) is 5.82 Å². The maximum atomic E-state index is 13.0. The molecular weight excluding hydrogens is 448 g/mol. The molecule has 0 bridgehead atoms. The van der Waals surface area contributed by atoms with Crippen LogP contribution < -0.4 is 5.32 Å². The molecule has 170 valence electrons. The molecular formula is C23H27ClN4O3S. The molecule has 0 radical (unpaired) electrons. The lowest BCUT2D eigenvalue weighted by Gasteiger charge is -2.20. The molecule has 9 heteroatoms. The molecule has 7 nitrogen and oxygen atoms in total. The number of carbonyl (C=O) groups is 1. The van der Waals surface area contributed by atoms with Crippen LogP contribution >= 0.6 is 11.6 Å². The zero-order chi connectivity index (χ0) is 23.5. The zero-order valence-corrected chi connectivity index (χ0v) is 20.1. The monoisotopic (exact) mass is 474 g/mol. The molecule has 0 aliphatic heterocycles. The lowest BCUT2D eigenvalue weighted by Crippen LogP contribution is -2.38. The molecule has 32 heavy (non-hydrogen) atoms. The van der Waals surface area contributed by atoms with Crippen molar-refractivity contribution in [3.05, 3.63) is 71.4 Å². The summed E-state index contributed by atoms with van der Waals surface area (Å²) in [5, 5.41) is 7.94. The highest BCUT2D eigenvalue weighted by Crippen LogP contribution is 2.26. The normalized spacial score (nSPS) is 12.2. The summed E-state index contributed by atoms with van der Waals surface area (Å²) in [6.07, 6.45) is 0. The van der Waals surface area contributed by atoms with E-state index in [4.69, 9.17) is 11.6 Å². The molecule has 0 saturated carbocycles. The van der Waals surface area contributed by atoms with E-state index in [-0.39, 0.29) is 23.4 Å². The summed E-state index contributed by atoms with van der Waals surface area (Å²) in [6.45, 7) is 7.61. The number of hydrogen-bond donors (Lipinski definition) is 1. The highest BCUT2D eigenvalue weighted by atomic mass is 35.5. The highest BCUT2D eigenvalue weighted by molar-refractivity contribution is 7.89. The van der Waals surface area contributed by atoms with Gasteiger partial charge in [-0.05, 0) is 36.4 Å². The Morgan fingerprint density at radius 2 is 1.72 bits per heavy atom. The third kappa shape index (κ3) is 5.38. The Morgan fingerprint density at radius 1 is 1.09 bits per heavy atom. The minimum Gasteiger partial charge on any atom is -0.309 e. The van der Waals surface area contributed by atoms with Crippen LogP contribution in [0.1, 0.15) is 33.4 Å². The Bertz CT molecular complexity index is 1180. The summed E-state index contributed by atoms with van der Waals surface area (Å²) in [6, 6.07) is 17.1. The lowest BCUT2D eigenvalue weighted by atomic mass is 9.92. The molecule has 1 amide bonds. The molecule has 1 aromatic heterocycles. The molecule has 1 heterocycles. The number of likely N-dealkylation sites (N-methyl/N-ethyl adjacent to an activating group) is 1. The van der Waals surface area contributed by atoms with Gasteiger partial charge in [0, 0.05) is 23.0 Å². The third-order valence-electron chi connectivity index (χ3n) is 4.87. The second kappa shape index (κ2) is 9.44. The van der Waals surface area contributed by atoms with Gasteiger partial charge >= 0.3 is 0 Å². The van der Waals surface area contributed by atoms with E-state index < -0.39 is 15.9 Å². The van der Waals surface area contributed by atoms with Gasteiger partial charge in [-0.3, -0.25) is 4.79 Å². The van der Waals surface area contributed by atoms with Gasteiger partial charge in [-0.1, -0.05) is 57.5 Å². The number of sulfonamides is 1. The fourth-order valence-electron chi connectivity index (χ4n) is 3.07. The number of nitrogens with zero attached hydrogens (tertiary/aromatic N) is 3. The van der Waals surface area contributed by atoms with Crippen molar-refractivity contribution in [2.45, 2.75) is 38.0 Å². The van der Waals surface area contributed by atoms with Gasteiger partial charge in [-0.25, -0.2) is 13.1 Å². The van der Waals surface area contributed by atoms with E-state index >= 15 is 0 Å². The first kappa shape index (κ1) is 24.0. The lowest BCUT2D eigenvalue weighted by molar-refractivity contribution is -0.116. The van der Waals surface area contributed by atoms with Crippen LogP contribution in [0.2, 0.25) is 5.02 Å². The first-order valence-corrected chi connectivity index (χ1v) is 12.1. The van der Waals surface area contributed by atoms with Crippen molar-refractivity contribution in [1.82, 2.24) is 14.1 Å². The van der Waals surface area contributed by atoms with Gasteiger partial charge in [0.15, 0.2) is 0 Å². The largest absolute Gasteiger partial charge is 0.309 e. The van der Waals surface area contributed by atoms with Crippen molar-refractivity contribution in [3.8, 4) is 5.69 Å². The molecule has 0 spiro atoms. The van der Waals surface area contributed by atoms with Gasteiger partial charge in [-0.2, -0.15) is 9.40 Å². The van der Waals surface area contributed by atoms with Gasteiger partial charge < -0.3 is 5.32 Å². The Hall–Kier alpha value is -2.68. The number of hydrogen-bond acceptors (Lipinski definition) is 4. The van der Waals surface area contributed by atoms with Gasteiger partial charge in [0.05, 0.1) is 22.8 Å². The number of para-hydroxylation sites is 1. The summed E-state index contributed by atoms with van der Waals surface area (Å²) < 4.78 is 28.7. The maximum Gasteiger partial charge on any atom is 0.243 e. The van der Waals surface area contributed by atoms with E-state index in [1.807, 2.05) is 57.2 Å². The van der Waals surface area contributed by atoms with Gasteiger partial charge in [0.2, 0.25) is 15.9 Å². The minimum atomic E-state index is -3.84. The number of amides is 1. The first-order valence-electron chi connectivity index (χ1n) is 10.2. The molecule has 2 aromatic carbocycles. The summed E-state index contributed by atoms with van der Waals surface area (Å²) in [4.78, 5) is 13.0. The van der Waals surface area contributed by atoms with Crippen molar-refractivity contribution in [2.75, 3.05) is 18.4 Å². The Morgan fingerprint density at radius 3 is 2.28 bits per heavy atom. The zero-order valence-electron chi connectivity index (χ0n) is 18.5. The van der Waals surface area contributed by atoms with E-state index in [1.54, 1.807) is 11.6 Å². The van der Waals surface area contributed by atoms with Gasteiger partial charge in [-0.15, -0.1) is 0 Å². The highest BCUT2D eigenvalue weighted by Gasteiger charge is 2.27. The molecule has 0 fully saturated rings. The summed E-state index contributed by atoms with van der Waals surface area (Å²) in [5.74, 6) is 0.0213. The topological polar surface area (TPSA) is 84.3 Å². The predicted molar refractivity (Wildman–Crippen MR) is 127 cm³/mol. The van der Waals surface area contributed by atoms with Crippen LogP contribution in [-0.4, -0.2) is 41.5 Å². The molecule has 0 saturated heterocycles. The van der Waals surface area contributed by atoms with Crippen molar-refractivity contribution in [1.29, 1.82) is 0 Å². The average molecular weight is 475 g/mol. The number of anilines is 1. The van der Waals surface area contributed by atoms with E-state index in [2.05, 4.69) is 10.4 Å². The van der Waals surface area contributed by atoms with E-state index in [0.29, 0.717) is 10.8 Å². The number of carbonyl (C=O) groups excluding carboxylic acids is 1. The number of rotatable bonds is 7. The van der Waals surface area contributed by atoms with Crippen molar-refractivity contribution in [3.63, 3.8) is 0 Å². The molecule has 0 aliphatic rings. The van der Waals surface area contributed by atoms with Crippen LogP contribution in [0.15, 0.2) is 65.6 Å². The second-order valence-corrected chi connectivity index (χ2v) is 10.7. The van der Waals surface area contributed by atoms with Crippen LogP contribution in [0, 0.1) is 0 Å². The second-order valence-electron chi connectivity index (χ2n) is 8.35. The first-order chi connectivity index (χ1) is 15.0. The quantitative estimate of drug-likeness (QED) is 0.547. The van der Waals surface area contributed by atoms with Crippen LogP contribution in [0.3, 0.4) is 0 Å². The van der Waals surface area contributed by atoms with Crippen LogP contribution in [0.4, 0.5) is 5.82 Å². The predicted octanol–water partition coefficient (Wildman–Crippen LogP) is 4.47. The smallest absolute Gasteiger partial charge is 0.243 e. The van der Waals surface area contributed by atoms with E-state index in [9.17, 15) is 13.2 Å². The van der Waals surface area contributed by atoms with Crippen molar-refractivity contribution >= 4 is 33.3 Å². The molecule has 3 rings (SSSR count). The molecule has 0 atom stereocenters. The summed E-state index contributed by atoms with van der Waals surface area (Å²) >= 11 is 5.87. The van der Waals surface area contributed by atoms with Crippen molar-refractivity contribution < 1.29 is 13.2 Å². The summed E-state index contributed by atoms with van der Waals surface area (Å²) in [5.41, 5.74) is 1.37. The van der Waals surface area contributed by atoms with E-state index in [0.717, 1.165) is 15.7 Å². The Labute approximate surface area is 194 Å². The number of halogens is 1. The number of benzene rings is 2. The standard InChI is InChI=1S/C23H27ClN4O3S/c1-5-27(32(30,31)19-13-11-17(24)12-14-19)16-22(29)25-21-15-20(23(2,3)4)26-28(21)18-9-7-6-8-10-18/h6-15H,5,16H2,1-4H3,(H,25,29). The Kier molecular flexibility index (Phi) is 7.07. The van der Waals surface area contributed by atoms with E-state index in [1.165, 1.54) is 24.3 Å². The maximum absolute atomic E-state index is 13.0.